The third kappa shape index (κ3) is 4.90. The van der Waals surface area contributed by atoms with Crippen molar-refractivity contribution in [3.63, 3.8) is 0 Å². The largest absolute Gasteiger partial charge is 0.358 e. The normalized spacial score (nSPS) is 15.2. The van der Waals surface area contributed by atoms with E-state index in [1.165, 1.54) is 12.1 Å². The summed E-state index contributed by atoms with van der Waals surface area (Å²) in [6.45, 7) is 7.70. The van der Waals surface area contributed by atoms with Crippen LogP contribution in [-0.4, -0.2) is 65.9 Å². The van der Waals surface area contributed by atoms with Crippen molar-refractivity contribution in [2.45, 2.75) is 33.1 Å². The summed E-state index contributed by atoms with van der Waals surface area (Å²) in [5.41, 5.74) is 2.61. The molecule has 2 aromatic rings. The Morgan fingerprint density at radius 3 is 2.68 bits per heavy atom. The van der Waals surface area contributed by atoms with Crippen LogP contribution in [0, 0.1) is 12.7 Å². The molecule has 2 N–H and O–H groups in total. The van der Waals surface area contributed by atoms with Gasteiger partial charge in [0.05, 0.1) is 13.0 Å². The van der Waals surface area contributed by atoms with Crippen LogP contribution in [0.15, 0.2) is 18.2 Å². The van der Waals surface area contributed by atoms with Crippen molar-refractivity contribution in [3.05, 3.63) is 35.3 Å². The first-order valence-electron chi connectivity index (χ1n) is 10.0. The number of nitrogens with one attached hydrogen (secondary N) is 2. The maximum absolute atomic E-state index is 13.6. The molecule has 0 bridgehead atoms. The number of amides is 2. The molecule has 0 saturated carbocycles. The Kier molecular flexibility index (Phi) is 6.67. The number of unbranched alkanes of at least 4 members (excludes halogenated alkanes) is 1. The Labute approximate surface area is 165 Å². The van der Waals surface area contributed by atoms with Gasteiger partial charge >= 0.3 is 0 Å². The molecule has 1 fully saturated rings. The fourth-order valence-corrected chi connectivity index (χ4v) is 3.66. The number of carbonyl (C=O) groups is 2. The monoisotopic (exact) mass is 388 g/mol. The van der Waals surface area contributed by atoms with E-state index in [9.17, 15) is 14.0 Å². The molecule has 1 aromatic carbocycles. The SMILES string of the molecule is CCCCNC(=O)CN1CCN(C(=O)Cc2c(C)[nH]c3ccc(F)cc23)CC1. The lowest BCUT2D eigenvalue weighted by atomic mass is 10.1. The first-order valence-corrected chi connectivity index (χ1v) is 10.0. The number of halogens is 1. The van der Waals surface area contributed by atoms with Gasteiger partial charge in [-0.2, -0.15) is 0 Å². The lowest BCUT2D eigenvalue weighted by Gasteiger charge is -2.34. The maximum atomic E-state index is 13.6. The van der Waals surface area contributed by atoms with Crippen molar-refractivity contribution in [2.75, 3.05) is 39.3 Å². The quantitative estimate of drug-likeness (QED) is 0.715. The summed E-state index contributed by atoms with van der Waals surface area (Å²) in [6, 6.07) is 4.61. The summed E-state index contributed by atoms with van der Waals surface area (Å²) in [7, 11) is 0. The van der Waals surface area contributed by atoms with Gasteiger partial charge in [-0.15, -0.1) is 0 Å². The van der Waals surface area contributed by atoms with Gasteiger partial charge in [0.15, 0.2) is 0 Å². The minimum atomic E-state index is -0.300. The molecule has 1 aliphatic heterocycles. The second kappa shape index (κ2) is 9.19. The minimum Gasteiger partial charge on any atom is -0.358 e. The number of aromatic nitrogens is 1. The van der Waals surface area contributed by atoms with Crippen LogP contribution < -0.4 is 5.32 Å². The zero-order chi connectivity index (χ0) is 20.1. The molecular formula is C21H29FN4O2. The number of piperazine rings is 1. The molecule has 7 heteroatoms. The Morgan fingerprint density at radius 2 is 1.96 bits per heavy atom. The second-order valence-electron chi connectivity index (χ2n) is 7.46. The fourth-order valence-electron chi connectivity index (χ4n) is 3.66. The minimum absolute atomic E-state index is 0.0420. The van der Waals surface area contributed by atoms with E-state index in [0.717, 1.165) is 41.5 Å². The van der Waals surface area contributed by atoms with E-state index in [-0.39, 0.29) is 24.1 Å². The topological polar surface area (TPSA) is 68.4 Å². The third-order valence-corrected chi connectivity index (χ3v) is 5.35. The Hall–Kier alpha value is -2.41. The van der Waals surface area contributed by atoms with E-state index >= 15 is 0 Å². The molecule has 0 atom stereocenters. The number of benzene rings is 1. The van der Waals surface area contributed by atoms with Gasteiger partial charge in [-0.05, 0) is 37.1 Å². The van der Waals surface area contributed by atoms with Gasteiger partial charge in [-0.25, -0.2) is 4.39 Å². The molecule has 2 amide bonds. The molecule has 0 unspecified atom stereocenters. The number of carbonyl (C=O) groups excluding carboxylic acids is 2. The van der Waals surface area contributed by atoms with Gasteiger partial charge in [0.25, 0.3) is 0 Å². The van der Waals surface area contributed by atoms with Crippen molar-refractivity contribution in [2.24, 2.45) is 0 Å². The molecule has 6 nitrogen and oxygen atoms in total. The zero-order valence-corrected chi connectivity index (χ0v) is 16.7. The average molecular weight is 388 g/mol. The third-order valence-electron chi connectivity index (χ3n) is 5.35. The van der Waals surface area contributed by atoms with Crippen molar-refractivity contribution < 1.29 is 14.0 Å². The van der Waals surface area contributed by atoms with Crippen molar-refractivity contribution in [1.82, 2.24) is 20.1 Å². The molecule has 28 heavy (non-hydrogen) atoms. The Morgan fingerprint density at radius 1 is 1.21 bits per heavy atom. The lowest BCUT2D eigenvalue weighted by Crippen LogP contribution is -2.51. The van der Waals surface area contributed by atoms with E-state index in [1.807, 2.05) is 11.8 Å². The van der Waals surface area contributed by atoms with Crippen LogP contribution in [-0.2, 0) is 16.0 Å². The molecule has 152 valence electrons. The highest BCUT2D eigenvalue weighted by atomic mass is 19.1. The Balaban J connectivity index is 1.53. The van der Waals surface area contributed by atoms with E-state index < -0.39 is 0 Å². The lowest BCUT2D eigenvalue weighted by molar-refractivity contribution is -0.132. The number of fused-ring (bicyclic) bond motifs is 1. The molecule has 0 spiro atoms. The molecule has 3 rings (SSSR count). The Bertz CT molecular complexity index is 840. The number of rotatable bonds is 7. The molecule has 1 saturated heterocycles. The number of H-pyrrole nitrogens is 1. The average Bonchev–Trinajstić information content (AvgIpc) is 2.97. The predicted molar refractivity (Wildman–Crippen MR) is 108 cm³/mol. The van der Waals surface area contributed by atoms with E-state index in [1.54, 1.807) is 6.07 Å². The van der Waals surface area contributed by atoms with Crippen LogP contribution in [0.3, 0.4) is 0 Å². The molecule has 1 aromatic heterocycles. The zero-order valence-electron chi connectivity index (χ0n) is 16.7. The number of aromatic amines is 1. The van der Waals surface area contributed by atoms with E-state index in [4.69, 9.17) is 0 Å². The van der Waals surface area contributed by atoms with Crippen LogP contribution in [0.25, 0.3) is 10.9 Å². The summed E-state index contributed by atoms with van der Waals surface area (Å²) >= 11 is 0. The molecule has 1 aliphatic rings. The molecule has 0 radical (unpaired) electrons. The fraction of sp³-hybridized carbons (Fsp3) is 0.524. The predicted octanol–water partition coefficient (Wildman–Crippen LogP) is 2.22. The summed E-state index contributed by atoms with van der Waals surface area (Å²) in [6.07, 6.45) is 2.31. The van der Waals surface area contributed by atoms with Gasteiger partial charge in [-0.3, -0.25) is 14.5 Å². The van der Waals surface area contributed by atoms with Crippen LogP contribution in [0.4, 0.5) is 4.39 Å². The summed E-state index contributed by atoms with van der Waals surface area (Å²) < 4.78 is 13.6. The summed E-state index contributed by atoms with van der Waals surface area (Å²) in [5.74, 6) is -0.212. The second-order valence-corrected chi connectivity index (χ2v) is 7.46. The van der Waals surface area contributed by atoms with Crippen LogP contribution in [0.5, 0.6) is 0 Å². The maximum Gasteiger partial charge on any atom is 0.234 e. The van der Waals surface area contributed by atoms with Crippen LogP contribution in [0.2, 0.25) is 0 Å². The van der Waals surface area contributed by atoms with E-state index in [2.05, 4.69) is 22.1 Å². The smallest absolute Gasteiger partial charge is 0.234 e. The summed E-state index contributed by atoms with van der Waals surface area (Å²) in [5, 5.41) is 3.70. The summed E-state index contributed by atoms with van der Waals surface area (Å²) in [4.78, 5) is 31.8. The number of aryl methyl sites for hydroxylation is 1. The van der Waals surface area contributed by atoms with Gasteiger partial charge in [0.1, 0.15) is 5.82 Å². The van der Waals surface area contributed by atoms with Crippen molar-refractivity contribution in [3.8, 4) is 0 Å². The molecule has 0 aliphatic carbocycles. The molecule has 2 heterocycles. The highest BCUT2D eigenvalue weighted by Gasteiger charge is 2.23. The van der Waals surface area contributed by atoms with Crippen LogP contribution >= 0.6 is 0 Å². The first kappa shape index (κ1) is 20.3. The van der Waals surface area contributed by atoms with Crippen LogP contribution in [0.1, 0.15) is 31.0 Å². The van der Waals surface area contributed by atoms with Gasteiger partial charge in [0, 0.05) is 49.3 Å². The van der Waals surface area contributed by atoms with Gasteiger partial charge in [-0.1, -0.05) is 13.3 Å². The highest BCUT2D eigenvalue weighted by molar-refractivity contribution is 5.90. The van der Waals surface area contributed by atoms with Gasteiger partial charge in [0.2, 0.25) is 11.8 Å². The standard InChI is InChI=1S/C21H29FN4O2/c1-3-4-7-23-20(27)14-25-8-10-26(11-9-25)21(28)13-17-15(2)24-19-6-5-16(22)12-18(17)19/h5-6,12,24H,3-4,7-11,13-14H2,1-2H3,(H,23,27). The molecular weight excluding hydrogens is 359 g/mol. The van der Waals surface area contributed by atoms with E-state index in [0.29, 0.717) is 32.7 Å². The van der Waals surface area contributed by atoms with Crippen molar-refractivity contribution >= 4 is 22.7 Å². The van der Waals surface area contributed by atoms with Crippen molar-refractivity contribution in [1.29, 1.82) is 0 Å². The number of hydrogen-bond acceptors (Lipinski definition) is 3. The van der Waals surface area contributed by atoms with Gasteiger partial charge < -0.3 is 15.2 Å². The first-order chi connectivity index (χ1) is 13.5. The number of nitrogens with zero attached hydrogens (tertiary/aromatic N) is 2. The number of hydrogen-bond donors (Lipinski definition) is 2. The highest BCUT2D eigenvalue weighted by Crippen LogP contribution is 2.24.